The molecule has 24 heavy (non-hydrogen) atoms. The van der Waals surface area contributed by atoms with E-state index in [2.05, 4.69) is 15.6 Å². The molecule has 3 rings (SSSR count). The van der Waals surface area contributed by atoms with Gasteiger partial charge in [0, 0.05) is 32.0 Å². The van der Waals surface area contributed by atoms with Gasteiger partial charge in [-0.25, -0.2) is 4.79 Å². The highest BCUT2D eigenvalue weighted by molar-refractivity contribution is 5.89. The van der Waals surface area contributed by atoms with Crippen LogP contribution in [0.25, 0.3) is 0 Å². The molecule has 2 aromatic rings. The highest BCUT2D eigenvalue weighted by Crippen LogP contribution is 2.23. The number of nitrogens with zero attached hydrogens (tertiary/aromatic N) is 2. The van der Waals surface area contributed by atoms with E-state index in [1.165, 1.54) is 0 Å². The van der Waals surface area contributed by atoms with Crippen molar-refractivity contribution in [1.82, 2.24) is 20.5 Å². The summed E-state index contributed by atoms with van der Waals surface area (Å²) in [6.45, 7) is 3.30. The normalized spacial score (nSPS) is 17.3. The number of benzene rings is 1. The summed E-state index contributed by atoms with van der Waals surface area (Å²) < 4.78 is 0. The van der Waals surface area contributed by atoms with Crippen molar-refractivity contribution in [3.05, 3.63) is 65.5 Å². The number of aryl methyl sites for hydroxylation is 1. The van der Waals surface area contributed by atoms with Gasteiger partial charge in [-0.1, -0.05) is 30.3 Å². The molecule has 1 aliphatic heterocycles. The van der Waals surface area contributed by atoms with E-state index >= 15 is 0 Å². The predicted molar refractivity (Wildman–Crippen MR) is 90.1 cm³/mol. The van der Waals surface area contributed by atoms with E-state index in [0.717, 1.165) is 16.7 Å². The summed E-state index contributed by atoms with van der Waals surface area (Å²) in [6.07, 6.45) is 3.47. The molecule has 0 spiro atoms. The van der Waals surface area contributed by atoms with Crippen molar-refractivity contribution in [1.29, 1.82) is 0 Å². The quantitative estimate of drug-likeness (QED) is 0.904. The van der Waals surface area contributed by atoms with Gasteiger partial charge in [0.05, 0.1) is 0 Å². The van der Waals surface area contributed by atoms with Gasteiger partial charge in [0.15, 0.2) is 0 Å². The summed E-state index contributed by atoms with van der Waals surface area (Å²) in [5.41, 5.74) is 2.84. The average molecular weight is 324 g/mol. The van der Waals surface area contributed by atoms with Crippen LogP contribution in [0, 0.1) is 6.92 Å². The van der Waals surface area contributed by atoms with Gasteiger partial charge in [0.25, 0.3) is 0 Å². The van der Waals surface area contributed by atoms with Gasteiger partial charge in [0.2, 0.25) is 5.91 Å². The van der Waals surface area contributed by atoms with Gasteiger partial charge in [-0.2, -0.15) is 0 Å². The lowest BCUT2D eigenvalue weighted by molar-refractivity contribution is -0.127. The van der Waals surface area contributed by atoms with Crippen molar-refractivity contribution in [3.8, 4) is 0 Å². The van der Waals surface area contributed by atoms with Crippen molar-refractivity contribution >= 4 is 11.9 Å². The maximum Gasteiger partial charge on any atom is 0.318 e. The Morgan fingerprint density at radius 3 is 2.88 bits per heavy atom. The predicted octanol–water partition coefficient (Wildman–Crippen LogP) is 1.77. The zero-order valence-electron chi connectivity index (χ0n) is 13.5. The topological polar surface area (TPSA) is 74.3 Å². The molecule has 2 N–H and O–H groups in total. The maximum absolute atomic E-state index is 12.6. The summed E-state index contributed by atoms with van der Waals surface area (Å²) in [5, 5.41) is 5.74. The lowest BCUT2D eigenvalue weighted by Gasteiger charge is -2.35. The molecule has 0 aliphatic carbocycles. The molecule has 124 valence electrons. The number of aromatic nitrogens is 1. The Morgan fingerprint density at radius 2 is 2.12 bits per heavy atom. The molecular formula is C18H20N4O2. The number of hydrogen-bond acceptors (Lipinski definition) is 3. The summed E-state index contributed by atoms with van der Waals surface area (Å²) in [5.74, 6) is -0.150. The van der Waals surface area contributed by atoms with Crippen LogP contribution in [-0.4, -0.2) is 34.9 Å². The standard InChI is InChI=1S/C18H20N4O2/c1-13-11-19-8-7-15(13)12-21-18(24)22-10-9-20-17(23)16(22)14-5-3-2-4-6-14/h2-8,11,16H,9-10,12H2,1H3,(H,20,23)(H,21,24). The Labute approximate surface area is 140 Å². The van der Waals surface area contributed by atoms with Crippen LogP contribution in [0.1, 0.15) is 22.7 Å². The second-order valence-electron chi connectivity index (χ2n) is 5.76. The van der Waals surface area contributed by atoms with E-state index in [1.807, 2.05) is 43.3 Å². The third-order valence-electron chi connectivity index (χ3n) is 4.15. The Balaban J connectivity index is 1.74. The van der Waals surface area contributed by atoms with Crippen LogP contribution in [-0.2, 0) is 11.3 Å². The fraction of sp³-hybridized carbons (Fsp3) is 0.278. The summed E-state index contributed by atoms with van der Waals surface area (Å²) in [6, 6.07) is 10.4. The monoisotopic (exact) mass is 324 g/mol. The molecule has 1 unspecified atom stereocenters. The van der Waals surface area contributed by atoms with E-state index in [9.17, 15) is 9.59 Å². The third kappa shape index (κ3) is 3.37. The molecule has 6 nitrogen and oxygen atoms in total. The fourth-order valence-corrected chi connectivity index (χ4v) is 2.83. The number of pyridine rings is 1. The molecule has 1 saturated heterocycles. The second-order valence-corrected chi connectivity index (χ2v) is 5.76. The first kappa shape index (κ1) is 16.0. The van der Waals surface area contributed by atoms with Gasteiger partial charge in [-0.05, 0) is 29.7 Å². The van der Waals surface area contributed by atoms with Gasteiger partial charge in [0.1, 0.15) is 6.04 Å². The first-order valence-electron chi connectivity index (χ1n) is 7.93. The van der Waals surface area contributed by atoms with Crippen LogP contribution in [0.2, 0.25) is 0 Å². The summed E-state index contributed by atoms with van der Waals surface area (Å²) >= 11 is 0. The van der Waals surface area contributed by atoms with Crippen molar-refractivity contribution in [2.75, 3.05) is 13.1 Å². The lowest BCUT2D eigenvalue weighted by atomic mass is 10.0. The van der Waals surface area contributed by atoms with Crippen molar-refractivity contribution in [3.63, 3.8) is 0 Å². The number of hydrogen-bond donors (Lipinski definition) is 2. The largest absolute Gasteiger partial charge is 0.352 e. The van der Waals surface area contributed by atoms with Crippen LogP contribution in [0.4, 0.5) is 4.79 Å². The van der Waals surface area contributed by atoms with E-state index in [0.29, 0.717) is 19.6 Å². The van der Waals surface area contributed by atoms with Gasteiger partial charge >= 0.3 is 6.03 Å². The van der Waals surface area contributed by atoms with Crippen molar-refractivity contribution in [2.24, 2.45) is 0 Å². The van der Waals surface area contributed by atoms with Crippen LogP contribution in [0.15, 0.2) is 48.8 Å². The molecule has 1 aromatic heterocycles. The second kappa shape index (κ2) is 7.12. The molecule has 1 atom stereocenters. The smallest absolute Gasteiger partial charge is 0.318 e. The van der Waals surface area contributed by atoms with Crippen molar-refractivity contribution < 1.29 is 9.59 Å². The van der Waals surface area contributed by atoms with Crippen LogP contribution < -0.4 is 10.6 Å². The minimum Gasteiger partial charge on any atom is -0.352 e. The number of carbonyl (C=O) groups excluding carboxylic acids is 2. The Morgan fingerprint density at radius 1 is 1.33 bits per heavy atom. The van der Waals surface area contributed by atoms with E-state index in [1.54, 1.807) is 17.3 Å². The SMILES string of the molecule is Cc1cnccc1CNC(=O)N1CCNC(=O)C1c1ccccc1. The number of urea groups is 1. The number of rotatable bonds is 3. The molecule has 6 heteroatoms. The number of piperazine rings is 1. The highest BCUT2D eigenvalue weighted by atomic mass is 16.2. The van der Waals surface area contributed by atoms with Crippen LogP contribution in [0.3, 0.4) is 0 Å². The molecule has 2 heterocycles. The highest BCUT2D eigenvalue weighted by Gasteiger charge is 2.34. The zero-order valence-corrected chi connectivity index (χ0v) is 13.5. The molecule has 1 fully saturated rings. The molecule has 0 saturated carbocycles. The van der Waals surface area contributed by atoms with Gasteiger partial charge in [-0.3, -0.25) is 9.78 Å². The van der Waals surface area contributed by atoms with E-state index in [4.69, 9.17) is 0 Å². The third-order valence-corrected chi connectivity index (χ3v) is 4.15. The Hall–Kier alpha value is -2.89. The van der Waals surface area contributed by atoms with E-state index < -0.39 is 6.04 Å². The average Bonchev–Trinajstić information content (AvgIpc) is 2.61. The van der Waals surface area contributed by atoms with Crippen LogP contribution >= 0.6 is 0 Å². The molecule has 0 bridgehead atoms. The molecule has 1 aliphatic rings. The summed E-state index contributed by atoms with van der Waals surface area (Å²) in [4.78, 5) is 30.6. The maximum atomic E-state index is 12.6. The number of carbonyl (C=O) groups is 2. The Bertz CT molecular complexity index is 733. The lowest BCUT2D eigenvalue weighted by Crippen LogP contribution is -2.54. The Kier molecular flexibility index (Phi) is 4.74. The van der Waals surface area contributed by atoms with E-state index in [-0.39, 0.29) is 11.9 Å². The molecule has 1 aromatic carbocycles. The van der Waals surface area contributed by atoms with Gasteiger partial charge in [-0.15, -0.1) is 0 Å². The van der Waals surface area contributed by atoms with Gasteiger partial charge < -0.3 is 15.5 Å². The summed E-state index contributed by atoms with van der Waals surface area (Å²) in [7, 11) is 0. The minimum atomic E-state index is -0.599. The fourth-order valence-electron chi connectivity index (χ4n) is 2.83. The molecule has 0 radical (unpaired) electrons. The number of amides is 3. The van der Waals surface area contributed by atoms with Crippen molar-refractivity contribution in [2.45, 2.75) is 19.5 Å². The minimum absolute atomic E-state index is 0.150. The van der Waals surface area contributed by atoms with Crippen LogP contribution in [0.5, 0.6) is 0 Å². The zero-order chi connectivity index (χ0) is 16.9. The first-order chi connectivity index (χ1) is 11.7. The number of nitrogens with one attached hydrogen (secondary N) is 2. The molecule has 3 amide bonds. The first-order valence-corrected chi connectivity index (χ1v) is 7.93. The molecular weight excluding hydrogens is 304 g/mol.